The molecule has 3 rings (SSSR count). The SMILES string of the molecule is CCCCNC(=O)[C@]1(CCC(=O)OC(C)(C)C)N=C(c2ccc(OCCCO)cc2)O[C@@H]1c1ccccc1CN=[N+]=[N-]. The second-order valence-electron chi connectivity index (χ2n) is 11.1. The number of aliphatic hydroxyl groups excluding tert-OH is 1. The molecule has 11 heteroatoms. The van der Waals surface area contributed by atoms with Crippen molar-refractivity contribution in [1.82, 2.24) is 5.32 Å². The third kappa shape index (κ3) is 8.71. The summed E-state index contributed by atoms with van der Waals surface area (Å²) in [4.78, 5) is 34.7. The van der Waals surface area contributed by atoms with E-state index < -0.39 is 23.2 Å². The first-order chi connectivity index (χ1) is 20.1. The van der Waals surface area contributed by atoms with E-state index in [9.17, 15) is 9.59 Å². The molecule has 2 aromatic rings. The highest BCUT2D eigenvalue weighted by Gasteiger charge is 2.53. The van der Waals surface area contributed by atoms with Crippen LogP contribution in [0.2, 0.25) is 0 Å². The maximum atomic E-state index is 14.1. The lowest BCUT2D eigenvalue weighted by Crippen LogP contribution is -2.49. The minimum Gasteiger partial charge on any atom is -0.494 e. The molecule has 0 spiro atoms. The lowest BCUT2D eigenvalue weighted by Gasteiger charge is -2.32. The summed E-state index contributed by atoms with van der Waals surface area (Å²) in [6, 6.07) is 14.4. The zero-order chi connectivity index (χ0) is 30.6. The molecular weight excluding hydrogens is 538 g/mol. The van der Waals surface area contributed by atoms with Gasteiger partial charge in [-0.15, -0.1) is 0 Å². The number of nitrogens with zero attached hydrogens (tertiary/aromatic N) is 4. The number of amides is 1. The quantitative estimate of drug-likeness (QED) is 0.0926. The fourth-order valence-corrected chi connectivity index (χ4v) is 4.61. The van der Waals surface area contributed by atoms with E-state index in [1.807, 2.05) is 31.2 Å². The molecule has 1 amide bonds. The molecule has 1 heterocycles. The monoisotopic (exact) mass is 579 g/mol. The smallest absolute Gasteiger partial charge is 0.306 e. The number of benzene rings is 2. The van der Waals surface area contributed by atoms with Gasteiger partial charge < -0.3 is 24.6 Å². The molecular formula is C31H41N5O6. The van der Waals surface area contributed by atoms with Crippen molar-refractivity contribution in [3.8, 4) is 5.75 Å². The Hall–Kier alpha value is -4.08. The van der Waals surface area contributed by atoms with Gasteiger partial charge in [0.2, 0.25) is 5.90 Å². The highest BCUT2D eigenvalue weighted by Crippen LogP contribution is 2.44. The van der Waals surface area contributed by atoms with Crippen molar-refractivity contribution in [3.05, 3.63) is 75.7 Å². The standard InChI is InChI=1S/C31H41N5O6/c1-5-6-18-33-29(39)31(17-16-26(38)42-30(2,3)4)27(25-11-8-7-10-23(25)21-34-36-32)41-28(35-31)22-12-14-24(15-13-22)40-20-9-19-37/h7-8,10-15,27,37H,5-6,9,16-21H2,1-4H3,(H,33,39)/t27-,31-/m1/s1. The number of rotatable bonds is 15. The Morgan fingerprint density at radius 2 is 1.90 bits per heavy atom. The van der Waals surface area contributed by atoms with Crippen molar-refractivity contribution < 1.29 is 28.9 Å². The first kappa shape index (κ1) is 32.4. The van der Waals surface area contributed by atoms with Crippen LogP contribution in [0, 0.1) is 0 Å². The lowest BCUT2D eigenvalue weighted by molar-refractivity contribution is -0.155. The number of nitrogens with one attached hydrogen (secondary N) is 1. The van der Waals surface area contributed by atoms with Crippen LogP contribution < -0.4 is 10.1 Å². The van der Waals surface area contributed by atoms with Gasteiger partial charge in [0.15, 0.2) is 11.6 Å². The number of aliphatic hydroxyl groups is 1. The van der Waals surface area contributed by atoms with E-state index in [-0.39, 0.29) is 37.8 Å². The van der Waals surface area contributed by atoms with Crippen molar-refractivity contribution in [2.45, 2.75) is 83.6 Å². The number of hydrogen-bond acceptors (Lipinski definition) is 8. The maximum absolute atomic E-state index is 14.1. The van der Waals surface area contributed by atoms with Crippen molar-refractivity contribution >= 4 is 17.8 Å². The van der Waals surface area contributed by atoms with Crippen molar-refractivity contribution in [3.63, 3.8) is 0 Å². The first-order valence-corrected chi connectivity index (χ1v) is 14.3. The van der Waals surface area contributed by atoms with Crippen LogP contribution in [0.3, 0.4) is 0 Å². The van der Waals surface area contributed by atoms with E-state index in [2.05, 4.69) is 15.3 Å². The van der Waals surface area contributed by atoms with Gasteiger partial charge in [-0.05, 0) is 74.5 Å². The summed E-state index contributed by atoms with van der Waals surface area (Å²) in [6.45, 7) is 8.32. The van der Waals surface area contributed by atoms with Gasteiger partial charge in [0.05, 0.1) is 13.2 Å². The van der Waals surface area contributed by atoms with E-state index in [0.29, 0.717) is 42.0 Å². The summed E-state index contributed by atoms with van der Waals surface area (Å²) in [5.74, 6) is 0.0605. The summed E-state index contributed by atoms with van der Waals surface area (Å²) in [5, 5.41) is 15.8. The van der Waals surface area contributed by atoms with Gasteiger partial charge in [0, 0.05) is 36.5 Å². The minimum atomic E-state index is -1.50. The van der Waals surface area contributed by atoms with Gasteiger partial charge in [0.25, 0.3) is 5.91 Å². The number of esters is 1. The van der Waals surface area contributed by atoms with Gasteiger partial charge in [-0.25, -0.2) is 4.99 Å². The van der Waals surface area contributed by atoms with E-state index in [1.54, 1.807) is 45.0 Å². The number of unbranched alkanes of at least 4 members (excludes halogenated alkanes) is 1. The second kappa shape index (κ2) is 15.2. The molecule has 0 aromatic heterocycles. The number of azide groups is 1. The fourth-order valence-electron chi connectivity index (χ4n) is 4.61. The third-order valence-electron chi connectivity index (χ3n) is 6.62. The van der Waals surface area contributed by atoms with Crippen LogP contribution in [-0.4, -0.2) is 53.8 Å². The predicted octanol–water partition coefficient (Wildman–Crippen LogP) is 5.55. The average molecular weight is 580 g/mol. The number of hydrogen-bond donors (Lipinski definition) is 2. The van der Waals surface area contributed by atoms with E-state index >= 15 is 0 Å². The lowest BCUT2D eigenvalue weighted by atomic mass is 9.81. The molecule has 0 bridgehead atoms. The molecule has 226 valence electrons. The molecule has 2 atom stereocenters. The highest BCUT2D eigenvalue weighted by molar-refractivity contribution is 6.01. The molecule has 2 aromatic carbocycles. The summed E-state index contributed by atoms with van der Waals surface area (Å²) >= 11 is 0. The molecule has 0 saturated carbocycles. The molecule has 0 saturated heterocycles. The summed E-state index contributed by atoms with van der Waals surface area (Å²) in [7, 11) is 0. The van der Waals surface area contributed by atoms with Crippen molar-refractivity contribution in [2.75, 3.05) is 19.8 Å². The Bertz CT molecular complexity index is 1280. The van der Waals surface area contributed by atoms with Gasteiger partial charge in [-0.2, -0.15) is 0 Å². The Morgan fingerprint density at radius 1 is 1.17 bits per heavy atom. The van der Waals surface area contributed by atoms with Crippen LogP contribution in [-0.2, 0) is 25.6 Å². The van der Waals surface area contributed by atoms with E-state index in [4.69, 9.17) is 29.8 Å². The Morgan fingerprint density at radius 3 is 2.57 bits per heavy atom. The summed E-state index contributed by atoms with van der Waals surface area (Å²) in [6.07, 6.45) is 1.25. The zero-order valence-electron chi connectivity index (χ0n) is 24.8. The molecule has 0 fully saturated rings. The van der Waals surface area contributed by atoms with Crippen LogP contribution >= 0.6 is 0 Å². The molecule has 0 unspecified atom stereocenters. The number of carbonyl (C=O) groups excluding carboxylic acids is 2. The fraction of sp³-hybridized carbons (Fsp3) is 0.516. The molecule has 1 aliphatic rings. The normalized spacial score (nSPS) is 17.9. The second-order valence-corrected chi connectivity index (χ2v) is 11.1. The average Bonchev–Trinajstić information content (AvgIpc) is 3.35. The highest BCUT2D eigenvalue weighted by atomic mass is 16.6. The van der Waals surface area contributed by atoms with Crippen LogP contribution in [0.25, 0.3) is 10.4 Å². The van der Waals surface area contributed by atoms with Crippen LogP contribution in [0.5, 0.6) is 5.75 Å². The number of aliphatic imine (C=N–C) groups is 1. The largest absolute Gasteiger partial charge is 0.494 e. The van der Waals surface area contributed by atoms with Gasteiger partial charge in [-0.3, -0.25) is 9.59 Å². The number of ether oxygens (including phenoxy) is 3. The summed E-state index contributed by atoms with van der Waals surface area (Å²) < 4.78 is 17.7. The Labute approximate surface area is 246 Å². The van der Waals surface area contributed by atoms with E-state index in [0.717, 1.165) is 12.8 Å². The predicted molar refractivity (Wildman–Crippen MR) is 159 cm³/mol. The number of carbonyl (C=O) groups is 2. The molecule has 42 heavy (non-hydrogen) atoms. The zero-order valence-corrected chi connectivity index (χ0v) is 24.8. The first-order valence-electron chi connectivity index (χ1n) is 14.3. The molecule has 11 nitrogen and oxygen atoms in total. The summed E-state index contributed by atoms with van der Waals surface area (Å²) in [5.41, 5.74) is 8.76. The molecule has 0 radical (unpaired) electrons. The molecule has 2 N–H and O–H groups in total. The molecule has 1 aliphatic heterocycles. The van der Waals surface area contributed by atoms with Gasteiger partial charge >= 0.3 is 5.97 Å². The molecule has 0 aliphatic carbocycles. The van der Waals surface area contributed by atoms with Gasteiger partial charge in [0.1, 0.15) is 11.4 Å². The van der Waals surface area contributed by atoms with Crippen molar-refractivity contribution in [2.24, 2.45) is 10.1 Å². The topological polar surface area (TPSA) is 155 Å². The van der Waals surface area contributed by atoms with Crippen LogP contribution in [0.15, 0.2) is 58.6 Å². The Kier molecular flexibility index (Phi) is 11.8. The van der Waals surface area contributed by atoms with Crippen LogP contribution in [0.4, 0.5) is 0 Å². The van der Waals surface area contributed by atoms with E-state index in [1.165, 1.54) is 0 Å². The maximum Gasteiger partial charge on any atom is 0.306 e. The minimum absolute atomic E-state index is 0.0340. The Balaban J connectivity index is 2.08. The van der Waals surface area contributed by atoms with Gasteiger partial charge in [-0.1, -0.05) is 42.7 Å². The van der Waals surface area contributed by atoms with Crippen LogP contribution in [0.1, 0.15) is 82.6 Å². The van der Waals surface area contributed by atoms with Crippen molar-refractivity contribution in [1.29, 1.82) is 0 Å². The third-order valence-corrected chi connectivity index (χ3v) is 6.62.